The second kappa shape index (κ2) is 7.90. The third-order valence-electron chi connectivity index (χ3n) is 5.50. The zero-order valence-corrected chi connectivity index (χ0v) is 15.3. The summed E-state index contributed by atoms with van der Waals surface area (Å²) in [5, 5.41) is 0. The number of piperazine rings is 1. The summed E-state index contributed by atoms with van der Waals surface area (Å²) in [6.07, 6.45) is 6.80. The van der Waals surface area contributed by atoms with Gasteiger partial charge in [0.25, 0.3) is 0 Å². The number of carbonyl (C=O) groups excluding carboxylic acids is 1. The summed E-state index contributed by atoms with van der Waals surface area (Å²) in [6, 6.07) is 6.83. The second-order valence-electron chi connectivity index (χ2n) is 7.09. The molecular weight excluding hydrogens is 345 g/mol. The first-order chi connectivity index (χ1) is 13.2. The van der Waals surface area contributed by atoms with Crippen LogP contribution in [0.1, 0.15) is 12.8 Å². The SMILES string of the molecule is O=C(C1CCN(c2cnccn2)CC1)N1CCN(c2ccccc2F)CC1. The van der Waals surface area contributed by atoms with E-state index in [0.29, 0.717) is 31.9 Å². The Labute approximate surface area is 158 Å². The van der Waals surface area contributed by atoms with Crippen molar-refractivity contribution in [3.05, 3.63) is 48.7 Å². The predicted molar refractivity (Wildman–Crippen MR) is 102 cm³/mol. The molecule has 3 heterocycles. The molecule has 0 unspecified atom stereocenters. The fourth-order valence-electron chi connectivity index (χ4n) is 3.94. The number of hydrogen-bond donors (Lipinski definition) is 0. The number of piperidine rings is 1. The highest BCUT2D eigenvalue weighted by molar-refractivity contribution is 5.79. The minimum absolute atomic E-state index is 0.0675. The summed E-state index contributed by atoms with van der Waals surface area (Å²) in [5.41, 5.74) is 0.627. The lowest BCUT2D eigenvalue weighted by Crippen LogP contribution is -2.52. The van der Waals surface area contributed by atoms with Gasteiger partial charge in [-0.1, -0.05) is 12.1 Å². The maximum absolute atomic E-state index is 14.0. The maximum Gasteiger partial charge on any atom is 0.225 e. The van der Waals surface area contributed by atoms with Gasteiger partial charge in [-0.25, -0.2) is 9.37 Å². The first-order valence-electron chi connectivity index (χ1n) is 9.51. The summed E-state index contributed by atoms with van der Waals surface area (Å²) < 4.78 is 14.0. The summed E-state index contributed by atoms with van der Waals surface area (Å²) in [5.74, 6) is 0.982. The molecule has 2 saturated heterocycles. The third-order valence-corrected chi connectivity index (χ3v) is 5.50. The van der Waals surface area contributed by atoms with Crippen molar-refractivity contribution >= 4 is 17.4 Å². The standard InChI is InChI=1S/C20H24FN5O/c21-17-3-1-2-4-18(17)24-11-13-26(14-12-24)20(27)16-5-9-25(10-6-16)19-15-22-7-8-23-19/h1-4,7-8,15-16H,5-6,9-14H2. The third kappa shape index (κ3) is 3.86. The van der Waals surface area contributed by atoms with Crippen molar-refractivity contribution in [1.29, 1.82) is 0 Å². The molecule has 0 bridgehead atoms. The Morgan fingerprint density at radius 3 is 2.37 bits per heavy atom. The highest BCUT2D eigenvalue weighted by Crippen LogP contribution is 2.25. The molecule has 142 valence electrons. The van der Waals surface area contributed by atoms with E-state index in [9.17, 15) is 9.18 Å². The van der Waals surface area contributed by atoms with Gasteiger partial charge in [0.15, 0.2) is 0 Å². The van der Waals surface area contributed by atoms with Crippen LogP contribution in [0, 0.1) is 11.7 Å². The number of carbonyl (C=O) groups is 1. The lowest BCUT2D eigenvalue weighted by Gasteiger charge is -2.39. The number of rotatable bonds is 3. The zero-order chi connectivity index (χ0) is 18.6. The van der Waals surface area contributed by atoms with Crippen molar-refractivity contribution in [3.63, 3.8) is 0 Å². The Kier molecular flexibility index (Phi) is 5.18. The summed E-state index contributed by atoms with van der Waals surface area (Å²) in [4.78, 5) is 27.5. The normalized spacial score (nSPS) is 18.6. The number of nitrogens with zero attached hydrogens (tertiary/aromatic N) is 5. The topological polar surface area (TPSA) is 52.6 Å². The molecule has 0 N–H and O–H groups in total. The van der Waals surface area contributed by atoms with Gasteiger partial charge < -0.3 is 14.7 Å². The van der Waals surface area contributed by atoms with Crippen LogP contribution in [0.25, 0.3) is 0 Å². The smallest absolute Gasteiger partial charge is 0.225 e. The molecule has 7 heteroatoms. The molecular formula is C20H24FN5O. The van der Waals surface area contributed by atoms with Gasteiger partial charge >= 0.3 is 0 Å². The molecule has 0 aliphatic carbocycles. The number of para-hydroxylation sites is 1. The van der Waals surface area contributed by atoms with Gasteiger partial charge in [-0.15, -0.1) is 0 Å². The molecule has 1 aromatic heterocycles. The molecule has 0 saturated carbocycles. The largest absolute Gasteiger partial charge is 0.366 e. The van der Waals surface area contributed by atoms with Crippen LogP contribution in [0.4, 0.5) is 15.9 Å². The van der Waals surface area contributed by atoms with Crippen LogP contribution < -0.4 is 9.80 Å². The van der Waals surface area contributed by atoms with E-state index in [-0.39, 0.29) is 17.6 Å². The monoisotopic (exact) mass is 369 g/mol. The number of anilines is 2. The number of hydrogen-bond acceptors (Lipinski definition) is 5. The van der Waals surface area contributed by atoms with E-state index < -0.39 is 0 Å². The van der Waals surface area contributed by atoms with E-state index in [1.165, 1.54) is 6.07 Å². The van der Waals surface area contributed by atoms with E-state index in [2.05, 4.69) is 14.9 Å². The van der Waals surface area contributed by atoms with Crippen molar-refractivity contribution in [2.75, 3.05) is 49.1 Å². The van der Waals surface area contributed by atoms with Gasteiger partial charge in [-0.05, 0) is 25.0 Å². The van der Waals surface area contributed by atoms with E-state index in [4.69, 9.17) is 0 Å². The van der Waals surface area contributed by atoms with Crippen molar-refractivity contribution in [3.8, 4) is 0 Å². The van der Waals surface area contributed by atoms with Crippen molar-refractivity contribution in [1.82, 2.24) is 14.9 Å². The zero-order valence-electron chi connectivity index (χ0n) is 15.3. The van der Waals surface area contributed by atoms with E-state index >= 15 is 0 Å². The quantitative estimate of drug-likeness (QED) is 0.830. The van der Waals surface area contributed by atoms with Crippen molar-refractivity contribution in [2.45, 2.75) is 12.8 Å². The van der Waals surface area contributed by atoms with E-state index in [0.717, 1.165) is 31.7 Å². The Hall–Kier alpha value is -2.70. The van der Waals surface area contributed by atoms with Crippen LogP contribution in [0.15, 0.2) is 42.9 Å². The van der Waals surface area contributed by atoms with Crippen LogP contribution >= 0.6 is 0 Å². The molecule has 1 amide bonds. The van der Waals surface area contributed by atoms with E-state index in [1.54, 1.807) is 30.7 Å². The first kappa shape index (κ1) is 17.7. The molecule has 6 nitrogen and oxygen atoms in total. The molecule has 0 atom stereocenters. The maximum atomic E-state index is 14.0. The fraction of sp³-hybridized carbons (Fsp3) is 0.450. The van der Waals surface area contributed by atoms with Crippen LogP contribution in [-0.4, -0.2) is 60.0 Å². The average Bonchev–Trinajstić information content (AvgIpc) is 2.74. The molecule has 2 aliphatic rings. The molecule has 0 radical (unpaired) electrons. The summed E-state index contributed by atoms with van der Waals surface area (Å²) in [6.45, 7) is 4.29. The van der Waals surface area contributed by atoms with Crippen LogP contribution in [0.3, 0.4) is 0 Å². The van der Waals surface area contributed by atoms with Gasteiger partial charge in [0.1, 0.15) is 11.6 Å². The summed E-state index contributed by atoms with van der Waals surface area (Å²) in [7, 11) is 0. The van der Waals surface area contributed by atoms with Gasteiger partial charge in [-0.2, -0.15) is 0 Å². The lowest BCUT2D eigenvalue weighted by atomic mass is 9.95. The minimum atomic E-state index is -0.200. The van der Waals surface area contributed by atoms with Crippen LogP contribution in [0.2, 0.25) is 0 Å². The number of benzene rings is 1. The Balaban J connectivity index is 1.29. The molecule has 2 aliphatic heterocycles. The predicted octanol–water partition coefficient (Wildman–Crippen LogP) is 2.18. The molecule has 2 aromatic rings. The molecule has 2 fully saturated rings. The molecule has 27 heavy (non-hydrogen) atoms. The number of aromatic nitrogens is 2. The van der Waals surface area contributed by atoms with Crippen molar-refractivity contribution in [2.24, 2.45) is 5.92 Å². The second-order valence-corrected chi connectivity index (χ2v) is 7.09. The number of amides is 1. The average molecular weight is 369 g/mol. The Bertz CT molecular complexity index is 771. The van der Waals surface area contributed by atoms with Gasteiger partial charge in [0.2, 0.25) is 5.91 Å². The van der Waals surface area contributed by atoms with Gasteiger partial charge in [0.05, 0.1) is 11.9 Å². The van der Waals surface area contributed by atoms with Gasteiger partial charge in [0, 0.05) is 57.6 Å². The highest BCUT2D eigenvalue weighted by atomic mass is 19.1. The van der Waals surface area contributed by atoms with E-state index in [1.807, 2.05) is 15.9 Å². The highest BCUT2D eigenvalue weighted by Gasteiger charge is 2.31. The van der Waals surface area contributed by atoms with Crippen molar-refractivity contribution < 1.29 is 9.18 Å². The number of halogens is 1. The fourth-order valence-corrected chi connectivity index (χ4v) is 3.94. The first-order valence-corrected chi connectivity index (χ1v) is 9.51. The van der Waals surface area contributed by atoms with Gasteiger partial charge in [-0.3, -0.25) is 9.78 Å². The molecule has 1 aromatic carbocycles. The van der Waals surface area contributed by atoms with Crippen LogP contribution in [0.5, 0.6) is 0 Å². The molecule has 0 spiro atoms. The molecule has 4 rings (SSSR count). The minimum Gasteiger partial charge on any atom is -0.366 e. The van der Waals surface area contributed by atoms with Crippen LogP contribution in [-0.2, 0) is 4.79 Å². The Morgan fingerprint density at radius 1 is 0.963 bits per heavy atom. The Morgan fingerprint density at radius 2 is 1.70 bits per heavy atom. The lowest BCUT2D eigenvalue weighted by molar-refractivity contribution is -0.136. The summed E-state index contributed by atoms with van der Waals surface area (Å²) >= 11 is 0.